The Hall–Kier alpha value is -4.25. The summed E-state index contributed by atoms with van der Waals surface area (Å²) in [6.45, 7) is 3.52. The Kier molecular flexibility index (Phi) is 13.4. The Morgan fingerprint density at radius 1 is 0.898 bits per heavy atom. The maximum Gasteiger partial charge on any atom is 0.264 e. The van der Waals surface area contributed by atoms with Crippen molar-refractivity contribution in [1.29, 1.82) is 0 Å². The van der Waals surface area contributed by atoms with Gasteiger partial charge in [-0.05, 0) is 60.9 Å². The van der Waals surface area contributed by atoms with E-state index in [2.05, 4.69) is 5.32 Å². The highest BCUT2D eigenvalue weighted by Gasteiger charge is 2.36. The highest BCUT2D eigenvalue weighted by atomic mass is 35.5. The van der Waals surface area contributed by atoms with Crippen molar-refractivity contribution in [2.45, 2.75) is 50.6 Å². The Morgan fingerprint density at radius 2 is 1.61 bits per heavy atom. The van der Waals surface area contributed by atoms with Crippen LogP contribution in [0.4, 0.5) is 5.69 Å². The minimum Gasteiger partial charge on any atom is -0.497 e. The summed E-state index contributed by atoms with van der Waals surface area (Å²) in [6.07, 6.45) is 1.78. The van der Waals surface area contributed by atoms with Gasteiger partial charge in [-0.3, -0.25) is 13.9 Å². The molecule has 4 aromatic carbocycles. The van der Waals surface area contributed by atoms with Gasteiger partial charge < -0.3 is 19.7 Å². The molecule has 12 heteroatoms. The first-order valence-electron chi connectivity index (χ1n) is 15.8. The van der Waals surface area contributed by atoms with Crippen molar-refractivity contribution in [3.8, 4) is 11.5 Å². The van der Waals surface area contributed by atoms with E-state index in [1.54, 1.807) is 42.5 Å². The normalized spacial score (nSPS) is 11.8. The number of rotatable bonds is 16. The van der Waals surface area contributed by atoms with Crippen LogP contribution in [0.1, 0.15) is 36.5 Å². The Bertz CT molecular complexity index is 1840. The summed E-state index contributed by atoms with van der Waals surface area (Å²) in [5, 5.41) is 3.68. The van der Waals surface area contributed by atoms with Gasteiger partial charge in [-0.15, -0.1) is 0 Å². The van der Waals surface area contributed by atoms with Gasteiger partial charge >= 0.3 is 0 Å². The molecule has 0 saturated heterocycles. The first-order chi connectivity index (χ1) is 23.5. The van der Waals surface area contributed by atoms with Crippen LogP contribution in [0.25, 0.3) is 0 Å². The second-order valence-corrected chi connectivity index (χ2v) is 14.2. The lowest BCUT2D eigenvalue weighted by Gasteiger charge is -2.34. The van der Waals surface area contributed by atoms with Crippen molar-refractivity contribution in [2.75, 3.05) is 31.6 Å². The second-order valence-electron chi connectivity index (χ2n) is 11.5. The monoisotopic (exact) mass is 725 g/mol. The van der Waals surface area contributed by atoms with Gasteiger partial charge in [0.15, 0.2) is 0 Å². The number of carbonyl (C=O) groups is 2. The molecule has 1 atom stereocenters. The molecule has 0 radical (unpaired) electrons. The third-order valence-corrected chi connectivity index (χ3v) is 10.4. The third-order valence-electron chi connectivity index (χ3n) is 8.00. The Labute approximate surface area is 298 Å². The molecule has 4 rings (SSSR count). The van der Waals surface area contributed by atoms with Crippen LogP contribution >= 0.6 is 23.2 Å². The summed E-state index contributed by atoms with van der Waals surface area (Å²) >= 11 is 12.8. The number of amides is 2. The van der Waals surface area contributed by atoms with Crippen LogP contribution in [0.3, 0.4) is 0 Å². The van der Waals surface area contributed by atoms with Crippen molar-refractivity contribution < 1.29 is 27.5 Å². The van der Waals surface area contributed by atoms with E-state index in [4.69, 9.17) is 32.7 Å². The van der Waals surface area contributed by atoms with Crippen LogP contribution in [-0.4, -0.2) is 58.5 Å². The van der Waals surface area contributed by atoms with Crippen molar-refractivity contribution >= 4 is 50.7 Å². The zero-order chi connectivity index (χ0) is 35.6. The minimum atomic E-state index is -4.36. The van der Waals surface area contributed by atoms with E-state index in [1.807, 2.05) is 44.2 Å². The number of anilines is 1. The summed E-state index contributed by atoms with van der Waals surface area (Å²) in [4.78, 5) is 30.1. The van der Waals surface area contributed by atoms with Crippen molar-refractivity contribution in [3.05, 3.63) is 118 Å². The summed E-state index contributed by atoms with van der Waals surface area (Å²) in [7, 11) is -1.49. The summed E-state index contributed by atoms with van der Waals surface area (Å²) < 4.78 is 40.9. The predicted molar refractivity (Wildman–Crippen MR) is 194 cm³/mol. The summed E-state index contributed by atoms with van der Waals surface area (Å²) in [6, 6.07) is 24.2. The van der Waals surface area contributed by atoms with E-state index < -0.39 is 28.5 Å². The Balaban J connectivity index is 1.87. The average Bonchev–Trinajstić information content (AvgIpc) is 3.09. The lowest BCUT2D eigenvalue weighted by atomic mass is 10.0. The van der Waals surface area contributed by atoms with E-state index in [0.717, 1.165) is 28.3 Å². The molecule has 2 amide bonds. The zero-order valence-electron chi connectivity index (χ0n) is 28.0. The Morgan fingerprint density at radius 3 is 2.24 bits per heavy atom. The molecule has 4 aromatic rings. The van der Waals surface area contributed by atoms with Crippen LogP contribution in [0.2, 0.25) is 10.0 Å². The van der Waals surface area contributed by atoms with Gasteiger partial charge in [-0.2, -0.15) is 0 Å². The predicted octanol–water partition coefficient (Wildman–Crippen LogP) is 7.07. The molecule has 0 fully saturated rings. The van der Waals surface area contributed by atoms with E-state index >= 15 is 0 Å². The van der Waals surface area contributed by atoms with Crippen molar-refractivity contribution in [2.24, 2.45) is 0 Å². The first kappa shape index (κ1) is 37.6. The number of halogens is 2. The van der Waals surface area contributed by atoms with Gasteiger partial charge in [0.25, 0.3) is 10.0 Å². The molecule has 0 aliphatic carbocycles. The second kappa shape index (κ2) is 17.4. The molecule has 0 spiro atoms. The molecule has 260 valence electrons. The number of sulfonamides is 1. The standard InChI is InChI=1S/C37H41Cl2N3O6S/c1-5-6-20-40-37(44)34(21-27-10-8-7-9-11-27)41(24-28-14-15-29(38)22-32(28)39)36(43)25-42(33-23-30(47-3)16-19-35(33)48-4)49(45,46)31-17-12-26(2)13-18-31/h7-19,22-23,34H,5-6,20-21,24-25H2,1-4H3,(H,40,44)/t34-/m1/s1. The minimum absolute atomic E-state index is 0.0267. The maximum atomic E-state index is 14.8. The van der Waals surface area contributed by atoms with Crippen LogP contribution in [0, 0.1) is 6.92 Å². The smallest absolute Gasteiger partial charge is 0.264 e. The molecular weight excluding hydrogens is 685 g/mol. The fourth-order valence-electron chi connectivity index (χ4n) is 5.24. The first-order valence-corrected chi connectivity index (χ1v) is 18.0. The van der Waals surface area contributed by atoms with Gasteiger partial charge in [-0.1, -0.05) is 90.6 Å². The number of benzene rings is 4. The van der Waals surface area contributed by atoms with Crippen molar-refractivity contribution in [1.82, 2.24) is 10.2 Å². The molecule has 0 heterocycles. The number of ether oxygens (including phenoxy) is 2. The fourth-order valence-corrected chi connectivity index (χ4v) is 7.12. The molecule has 0 unspecified atom stereocenters. The molecule has 0 aliphatic heterocycles. The average molecular weight is 727 g/mol. The molecule has 49 heavy (non-hydrogen) atoms. The molecule has 9 nitrogen and oxygen atoms in total. The molecule has 1 N–H and O–H groups in total. The molecule has 0 aliphatic rings. The number of nitrogens with one attached hydrogen (secondary N) is 1. The van der Waals surface area contributed by atoms with Crippen molar-refractivity contribution in [3.63, 3.8) is 0 Å². The zero-order valence-corrected chi connectivity index (χ0v) is 30.3. The summed E-state index contributed by atoms with van der Waals surface area (Å²) in [5.41, 5.74) is 2.30. The molecule has 0 aromatic heterocycles. The van der Waals surface area contributed by atoms with E-state index in [-0.39, 0.29) is 35.2 Å². The van der Waals surface area contributed by atoms with E-state index in [0.29, 0.717) is 27.9 Å². The number of nitrogens with zero attached hydrogens (tertiary/aromatic N) is 2. The van der Waals surface area contributed by atoms with Gasteiger partial charge in [0.2, 0.25) is 11.8 Å². The largest absolute Gasteiger partial charge is 0.497 e. The van der Waals surface area contributed by atoms with E-state index in [1.165, 1.54) is 37.3 Å². The summed E-state index contributed by atoms with van der Waals surface area (Å²) in [5.74, 6) is -0.454. The quantitative estimate of drug-likeness (QED) is 0.124. The highest BCUT2D eigenvalue weighted by Crippen LogP contribution is 2.36. The topological polar surface area (TPSA) is 105 Å². The van der Waals surface area contributed by atoms with Gasteiger partial charge in [0, 0.05) is 35.6 Å². The van der Waals surface area contributed by atoms with Gasteiger partial charge in [-0.25, -0.2) is 8.42 Å². The van der Waals surface area contributed by atoms with Crippen LogP contribution in [0.5, 0.6) is 11.5 Å². The molecule has 0 bridgehead atoms. The maximum absolute atomic E-state index is 14.8. The lowest BCUT2D eigenvalue weighted by Crippen LogP contribution is -2.53. The number of methoxy groups -OCH3 is 2. The molecule has 0 saturated carbocycles. The number of hydrogen-bond donors (Lipinski definition) is 1. The van der Waals surface area contributed by atoms with Gasteiger partial charge in [0.05, 0.1) is 24.8 Å². The fraction of sp³-hybridized carbons (Fsp3) is 0.297. The lowest BCUT2D eigenvalue weighted by molar-refractivity contribution is -0.140. The SMILES string of the molecule is CCCCNC(=O)[C@@H](Cc1ccccc1)N(Cc1ccc(Cl)cc1Cl)C(=O)CN(c1cc(OC)ccc1OC)S(=O)(=O)c1ccc(C)cc1. The van der Waals surface area contributed by atoms with Crippen LogP contribution in [-0.2, 0) is 32.6 Å². The van der Waals surface area contributed by atoms with Crippen LogP contribution in [0.15, 0.2) is 95.9 Å². The number of hydrogen-bond acceptors (Lipinski definition) is 6. The van der Waals surface area contributed by atoms with Gasteiger partial charge in [0.1, 0.15) is 24.1 Å². The number of aryl methyl sites for hydroxylation is 1. The van der Waals surface area contributed by atoms with E-state index in [9.17, 15) is 18.0 Å². The van der Waals surface area contributed by atoms with Crippen LogP contribution < -0.4 is 19.1 Å². The molecular formula is C37H41Cl2N3O6S. The third kappa shape index (κ3) is 9.68. The number of unbranched alkanes of at least 4 members (excludes halogenated alkanes) is 1. The highest BCUT2D eigenvalue weighted by molar-refractivity contribution is 7.92. The number of carbonyl (C=O) groups excluding carboxylic acids is 2.